The largest absolute Gasteiger partial charge is 0.495 e. The highest BCUT2D eigenvalue weighted by Gasteiger charge is 2.24. The van der Waals surface area contributed by atoms with Crippen molar-refractivity contribution in [3.63, 3.8) is 0 Å². The van der Waals surface area contributed by atoms with E-state index in [0.717, 1.165) is 11.1 Å². The first-order chi connectivity index (χ1) is 13.6. The Kier molecular flexibility index (Phi) is 4.58. The number of nitrogens with one attached hydrogen (secondary N) is 1. The molecule has 0 amide bonds. The molecule has 4 aromatic heterocycles. The zero-order valence-corrected chi connectivity index (χ0v) is 15.4. The molecule has 0 fully saturated rings. The van der Waals surface area contributed by atoms with E-state index in [4.69, 9.17) is 14.5 Å². The van der Waals surface area contributed by atoms with Crippen LogP contribution in [-0.2, 0) is 0 Å². The number of aromatic amines is 1. The van der Waals surface area contributed by atoms with E-state index in [-0.39, 0.29) is 19.1 Å². The minimum Gasteiger partial charge on any atom is -0.495 e. The lowest BCUT2D eigenvalue weighted by Gasteiger charge is -2.09. The van der Waals surface area contributed by atoms with Crippen molar-refractivity contribution < 1.29 is 19.7 Å². The molecular weight excluding hydrogens is 362 g/mol. The van der Waals surface area contributed by atoms with E-state index in [2.05, 4.69) is 15.2 Å². The molecule has 0 aliphatic rings. The summed E-state index contributed by atoms with van der Waals surface area (Å²) in [6.45, 7) is 1.77. The smallest absolute Gasteiger partial charge is 0.229 e. The van der Waals surface area contributed by atoms with Gasteiger partial charge in [0, 0.05) is 17.8 Å². The van der Waals surface area contributed by atoms with E-state index in [0.29, 0.717) is 34.0 Å². The molecule has 4 aromatic rings. The van der Waals surface area contributed by atoms with Crippen LogP contribution in [0.4, 0.5) is 0 Å². The van der Waals surface area contributed by atoms with Crippen molar-refractivity contribution in [3.05, 3.63) is 42.4 Å². The van der Waals surface area contributed by atoms with Gasteiger partial charge in [0.1, 0.15) is 23.7 Å². The monoisotopic (exact) mass is 381 g/mol. The number of aromatic nitrogens is 5. The summed E-state index contributed by atoms with van der Waals surface area (Å²) in [4.78, 5) is 8.89. The third-order valence-corrected chi connectivity index (χ3v) is 4.36. The quantitative estimate of drug-likeness (QED) is 0.468. The number of rotatable bonds is 6. The molecule has 3 N–H and O–H groups in total. The van der Waals surface area contributed by atoms with Gasteiger partial charge >= 0.3 is 0 Å². The molecule has 0 aliphatic heterocycles. The normalized spacial score (nSPS) is 11.1. The average Bonchev–Trinajstić information content (AvgIpc) is 3.32. The number of methoxy groups -OCH3 is 1. The van der Waals surface area contributed by atoms with Crippen molar-refractivity contribution in [2.24, 2.45) is 0 Å². The van der Waals surface area contributed by atoms with Gasteiger partial charge in [-0.3, -0.25) is 10.1 Å². The van der Waals surface area contributed by atoms with Crippen LogP contribution >= 0.6 is 0 Å². The molecule has 4 rings (SSSR count). The number of aliphatic hydroxyl groups excluding tert-OH is 1. The Bertz CT molecular complexity index is 1120. The van der Waals surface area contributed by atoms with Crippen LogP contribution in [0.5, 0.6) is 17.5 Å². The fourth-order valence-electron chi connectivity index (χ4n) is 3.11. The van der Waals surface area contributed by atoms with Crippen LogP contribution in [0.25, 0.3) is 28.0 Å². The maximum absolute atomic E-state index is 10.9. The van der Waals surface area contributed by atoms with Crippen LogP contribution in [0.2, 0.25) is 0 Å². The first kappa shape index (κ1) is 17.8. The van der Waals surface area contributed by atoms with Crippen LogP contribution in [0.1, 0.15) is 5.56 Å². The number of pyridine rings is 2. The molecule has 0 saturated carbocycles. The Labute approximate surface area is 160 Å². The predicted molar refractivity (Wildman–Crippen MR) is 102 cm³/mol. The van der Waals surface area contributed by atoms with Crippen LogP contribution in [0.3, 0.4) is 0 Å². The van der Waals surface area contributed by atoms with E-state index in [9.17, 15) is 10.2 Å². The standard InChI is InChI=1S/C19H19N5O4/c1-11-7-14(12-8-13(27-2)10-20-9-12)22-17-16(11)18(26)24(15-3-4-21-23-15)19(17)28-6-5-25/h3-4,7-10,25-26H,5-6H2,1-2H3,(H,21,23). The summed E-state index contributed by atoms with van der Waals surface area (Å²) in [6.07, 6.45) is 4.88. The first-order valence-corrected chi connectivity index (χ1v) is 8.62. The molecule has 9 nitrogen and oxygen atoms in total. The van der Waals surface area contributed by atoms with Crippen LogP contribution < -0.4 is 9.47 Å². The van der Waals surface area contributed by atoms with Gasteiger partial charge < -0.3 is 19.7 Å². The molecule has 0 atom stereocenters. The number of hydrogen-bond acceptors (Lipinski definition) is 7. The maximum atomic E-state index is 10.9. The summed E-state index contributed by atoms with van der Waals surface area (Å²) in [7, 11) is 1.58. The Balaban J connectivity index is 1.97. The summed E-state index contributed by atoms with van der Waals surface area (Å²) in [5.74, 6) is 1.43. The number of hydrogen-bond donors (Lipinski definition) is 3. The van der Waals surface area contributed by atoms with Gasteiger partial charge in [-0.15, -0.1) is 0 Å². The Morgan fingerprint density at radius 1 is 1.25 bits per heavy atom. The third-order valence-electron chi connectivity index (χ3n) is 4.36. The Hall–Kier alpha value is -3.59. The van der Waals surface area contributed by atoms with Crippen molar-refractivity contribution in [1.82, 2.24) is 24.7 Å². The predicted octanol–water partition coefficient (Wildman–Crippen LogP) is 2.20. The molecule has 0 spiro atoms. The molecule has 0 saturated heterocycles. The topological polar surface area (TPSA) is 118 Å². The number of aliphatic hydroxyl groups is 1. The van der Waals surface area contributed by atoms with E-state index < -0.39 is 0 Å². The second-order valence-corrected chi connectivity index (χ2v) is 6.14. The van der Waals surface area contributed by atoms with Gasteiger partial charge in [-0.1, -0.05) is 0 Å². The molecular formula is C19H19N5O4. The van der Waals surface area contributed by atoms with Gasteiger partial charge in [-0.05, 0) is 24.6 Å². The lowest BCUT2D eigenvalue weighted by atomic mass is 10.1. The van der Waals surface area contributed by atoms with Gasteiger partial charge in [-0.2, -0.15) is 5.10 Å². The zero-order valence-electron chi connectivity index (χ0n) is 15.4. The fraction of sp³-hybridized carbons (Fsp3) is 0.211. The molecule has 0 bridgehead atoms. The summed E-state index contributed by atoms with van der Waals surface area (Å²) in [6, 6.07) is 5.40. The zero-order chi connectivity index (χ0) is 19.7. The number of nitrogens with zero attached hydrogens (tertiary/aromatic N) is 4. The summed E-state index contributed by atoms with van der Waals surface area (Å²) in [5.41, 5.74) is 2.71. The van der Waals surface area contributed by atoms with Crippen molar-refractivity contribution in [1.29, 1.82) is 0 Å². The average molecular weight is 381 g/mol. The highest BCUT2D eigenvalue weighted by molar-refractivity contribution is 5.95. The van der Waals surface area contributed by atoms with Gasteiger partial charge in [0.25, 0.3) is 0 Å². The van der Waals surface area contributed by atoms with Crippen molar-refractivity contribution >= 4 is 10.9 Å². The minimum absolute atomic E-state index is 0.0208. The Morgan fingerprint density at radius 2 is 2.11 bits per heavy atom. The molecule has 4 heterocycles. The van der Waals surface area contributed by atoms with Crippen LogP contribution in [-0.4, -0.2) is 55.3 Å². The second-order valence-electron chi connectivity index (χ2n) is 6.14. The van der Waals surface area contributed by atoms with Gasteiger partial charge in [0.05, 0.1) is 37.2 Å². The molecule has 28 heavy (non-hydrogen) atoms. The highest BCUT2D eigenvalue weighted by atomic mass is 16.5. The lowest BCUT2D eigenvalue weighted by Crippen LogP contribution is -2.06. The highest BCUT2D eigenvalue weighted by Crippen LogP contribution is 2.41. The molecule has 144 valence electrons. The SMILES string of the molecule is COc1cncc(-c2cc(C)c3c(O)n(-c4ccn[nH]4)c(OCCO)c3n2)c1. The number of fused-ring (bicyclic) bond motifs is 1. The van der Waals surface area contributed by atoms with E-state index in [1.165, 1.54) is 4.57 Å². The van der Waals surface area contributed by atoms with E-state index >= 15 is 0 Å². The summed E-state index contributed by atoms with van der Waals surface area (Å²) >= 11 is 0. The number of aromatic hydroxyl groups is 1. The summed E-state index contributed by atoms with van der Waals surface area (Å²) in [5, 5.41) is 27.4. The van der Waals surface area contributed by atoms with E-state index in [1.807, 2.05) is 19.1 Å². The molecule has 0 aliphatic carbocycles. The van der Waals surface area contributed by atoms with Gasteiger partial charge in [0.15, 0.2) is 0 Å². The van der Waals surface area contributed by atoms with Crippen molar-refractivity contribution in [2.45, 2.75) is 6.92 Å². The van der Waals surface area contributed by atoms with Crippen molar-refractivity contribution in [3.8, 4) is 34.6 Å². The third kappa shape index (κ3) is 2.91. The Morgan fingerprint density at radius 3 is 2.82 bits per heavy atom. The lowest BCUT2D eigenvalue weighted by molar-refractivity contribution is 0.194. The van der Waals surface area contributed by atoms with E-state index in [1.54, 1.807) is 31.8 Å². The maximum Gasteiger partial charge on any atom is 0.229 e. The number of aryl methyl sites for hydroxylation is 1. The number of H-pyrrole nitrogens is 1. The second kappa shape index (κ2) is 7.20. The first-order valence-electron chi connectivity index (χ1n) is 8.62. The molecule has 9 heteroatoms. The van der Waals surface area contributed by atoms with Gasteiger partial charge in [-0.25, -0.2) is 9.55 Å². The van der Waals surface area contributed by atoms with Crippen LogP contribution in [0, 0.1) is 6.92 Å². The molecule has 0 radical (unpaired) electrons. The number of ether oxygens (including phenoxy) is 2. The molecule has 0 aromatic carbocycles. The van der Waals surface area contributed by atoms with Gasteiger partial charge in [0.2, 0.25) is 11.8 Å². The fourth-order valence-corrected chi connectivity index (χ4v) is 3.11. The minimum atomic E-state index is -0.172. The molecule has 0 unspecified atom stereocenters. The summed E-state index contributed by atoms with van der Waals surface area (Å²) < 4.78 is 12.5. The van der Waals surface area contributed by atoms with Crippen molar-refractivity contribution in [2.75, 3.05) is 20.3 Å². The van der Waals surface area contributed by atoms with Crippen LogP contribution in [0.15, 0.2) is 36.8 Å².